The Kier molecular flexibility index (Phi) is 5.82. The molecule has 1 amide bonds. The highest BCUT2D eigenvalue weighted by molar-refractivity contribution is 5.85. The highest BCUT2D eigenvalue weighted by Gasteiger charge is 2.26. The Morgan fingerprint density at radius 2 is 2.21 bits per heavy atom. The summed E-state index contributed by atoms with van der Waals surface area (Å²) in [6, 6.07) is 0.201. The lowest BCUT2D eigenvalue weighted by Crippen LogP contribution is -2.48. The zero-order chi connectivity index (χ0) is 13.1. The Morgan fingerprint density at radius 3 is 2.79 bits per heavy atom. The molecule has 5 nitrogen and oxygen atoms in total. The number of halogens is 1. The molecule has 0 aromatic carbocycles. The highest BCUT2D eigenvalue weighted by Crippen LogP contribution is 2.19. The first-order valence-corrected chi connectivity index (χ1v) is 6.54. The minimum Gasteiger partial charge on any atom is -0.361 e. The molecular formula is C13H22ClN3O2. The largest absolute Gasteiger partial charge is 0.361 e. The van der Waals surface area contributed by atoms with Gasteiger partial charge in [-0.1, -0.05) is 5.16 Å². The Morgan fingerprint density at radius 1 is 1.47 bits per heavy atom. The Bertz CT molecular complexity index is 414. The molecule has 1 fully saturated rings. The lowest BCUT2D eigenvalue weighted by molar-refractivity contribution is -0.133. The van der Waals surface area contributed by atoms with Crippen molar-refractivity contribution in [2.75, 3.05) is 13.1 Å². The van der Waals surface area contributed by atoms with Gasteiger partial charge in [0.05, 0.1) is 12.1 Å². The van der Waals surface area contributed by atoms with Crippen molar-refractivity contribution in [3.63, 3.8) is 0 Å². The number of carbonyl (C=O) groups is 1. The molecule has 2 N–H and O–H groups in total. The fourth-order valence-corrected chi connectivity index (χ4v) is 2.58. The van der Waals surface area contributed by atoms with Gasteiger partial charge in [0.2, 0.25) is 5.91 Å². The number of aromatic nitrogens is 1. The van der Waals surface area contributed by atoms with E-state index >= 15 is 0 Å². The first-order chi connectivity index (χ1) is 8.63. The molecule has 0 spiro atoms. The third kappa shape index (κ3) is 3.48. The normalized spacial score (nSPS) is 19.1. The molecule has 2 rings (SSSR count). The molecule has 6 heteroatoms. The summed E-state index contributed by atoms with van der Waals surface area (Å²) in [6.45, 7) is 5.09. The summed E-state index contributed by atoms with van der Waals surface area (Å²) >= 11 is 0. The summed E-state index contributed by atoms with van der Waals surface area (Å²) in [5.74, 6) is 0.877. The summed E-state index contributed by atoms with van der Waals surface area (Å²) < 4.78 is 5.09. The molecule has 1 aromatic heterocycles. The van der Waals surface area contributed by atoms with E-state index in [4.69, 9.17) is 10.3 Å². The van der Waals surface area contributed by atoms with Crippen LogP contribution in [0.1, 0.15) is 36.3 Å². The molecule has 0 radical (unpaired) electrons. The lowest BCUT2D eigenvalue weighted by Gasteiger charge is -2.35. The van der Waals surface area contributed by atoms with Crippen LogP contribution in [-0.4, -0.2) is 35.1 Å². The van der Waals surface area contributed by atoms with Crippen LogP contribution in [0, 0.1) is 13.8 Å². The molecule has 2 heterocycles. The average molecular weight is 288 g/mol. The van der Waals surface area contributed by atoms with E-state index in [0.717, 1.165) is 42.8 Å². The molecule has 1 unspecified atom stereocenters. The number of piperidine rings is 1. The summed E-state index contributed by atoms with van der Waals surface area (Å²) in [5.41, 5.74) is 7.47. The number of aryl methyl sites for hydroxylation is 2. The van der Waals surface area contributed by atoms with Crippen LogP contribution in [0.5, 0.6) is 0 Å². The van der Waals surface area contributed by atoms with Crippen molar-refractivity contribution in [1.29, 1.82) is 0 Å². The summed E-state index contributed by atoms with van der Waals surface area (Å²) in [4.78, 5) is 14.3. The van der Waals surface area contributed by atoms with Crippen LogP contribution in [0.15, 0.2) is 4.52 Å². The standard InChI is InChI=1S/C13H21N3O2.ClH/c1-9-12(10(2)18-15-9)7-13(17)16-6-4-3-5-11(16)8-14;/h11H,3-8,14H2,1-2H3;1H. The van der Waals surface area contributed by atoms with Gasteiger partial charge in [-0.2, -0.15) is 0 Å². The van der Waals surface area contributed by atoms with E-state index in [2.05, 4.69) is 5.16 Å². The van der Waals surface area contributed by atoms with E-state index in [-0.39, 0.29) is 24.4 Å². The second-order valence-corrected chi connectivity index (χ2v) is 4.95. The minimum atomic E-state index is 0. The first kappa shape index (κ1) is 16.0. The van der Waals surface area contributed by atoms with Crippen molar-refractivity contribution >= 4 is 18.3 Å². The van der Waals surface area contributed by atoms with Gasteiger partial charge in [0.15, 0.2) is 0 Å². The molecule has 1 saturated heterocycles. The van der Waals surface area contributed by atoms with Gasteiger partial charge in [0.1, 0.15) is 5.76 Å². The van der Waals surface area contributed by atoms with Gasteiger partial charge < -0.3 is 15.2 Å². The molecule has 19 heavy (non-hydrogen) atoms. The van der Waals surface area contributed by atoms with Crippen molar-refractivity contribution in [2.45, 2.75) is 45.6 Å². The van der Waals surface area contributed by atoms with Gasteiger partial charge >= 0.3 is 0 Å². The maximum absolute atomic E-state index is 12.3. The average Bonchev–Trinajstić information content (AvgIpc) is 2.70. The smallest absolute Gasteiger partial charge is 0.227 e. The van der Waals surface area contributed by atoms with Crippen molar-refractivity contribution < 1.29 is 9.32 Å². The highest BCUT2D eigenvalue weighted by atomic mass is 35.5. The topological polar surface area (TPSA) is 72.4 Å². The van der Waals surface area contributed by atoms with E-state index < -0.39 is 0 Å². The Balaban J connectivity index is 0.00000180. The van der Waals surface area contributed by atoms with Gasteiger partial charge in [-0.15, -0.1) is 12.4 Å². The molecule has 1 atom stereocenters. The molecule has 0 aliphatic carbocycles. The van der Waals surface area contributed by atoms with Gasteiger partial charge in [0, 0.05) is 24.7 Å². The van der Waals surface area contributed by atoms with Crippen molar-refractivity contribution in [3.05, 3.63) is 17.0 Å². The fraction of sp³-hybridized carbons (Fsp3) is 0.692. The number of amides is 1. The van der Waals surface area contributed by atoms with Crippen LogP contribution in [0.3, 0.4) is 0 Å². The Labute approximate surface area is 119 Å². The van der Waals surface area contributed by atoms with E-state index in [1.807, 2.05) is 18.7 Å². The number of nitrogens with two attached hydrogens (primary N) is 1. The van der Waals surface area contributed by atoms with Crippen LogP contribution < -0.4 is 5.73 Å². The number of likely N-dealkylation sites (tertiary alicyclic amines) is 1. The van der Waals surface area contributed by atoms with E-state index in [0.29, 0.717) is 13.0 Å². The molecule has 1 aliphatic heterocycles. The monoisotopic (exact) mass is 287 g/mol. The SMILES string of the molecule is Cc1noc(C)c1CC(=O)N1CCCCC1CN.Cl. The molecule has 108 valence electrons. The van der Waals surface area contributed by atoms with E-state index in [1.54, 1.807) is 0 Å². The maximum Gasteiger partial charge on any atom is 0.227 e. The predicted molar refractivity (Wildman–Crippen MR) is 75.3 cm³/mol. The summed E-state index contributed by atoms with van der Waals surface area (Å²) in [6.07, 6.45) is 3.63. The first-order valence-electron chi connectivity index (χ1n) is 6.54. The second-order valence-electron chi connectivity index (χ2n) is 4.95. The number of nitrogens with zero attached hydrogens (tertiary/aromatic N) is 2. The summed E-state index contributed by atoms with van der Waals surface area (Å²) in [7, 11) is 0. The fourth-order valence-electron chi connectivity index (χ4n) is 2.58. The molecule has 1 aliphatic rings. The van der Waals surface area contributed by atoms with Gasteiger partial charge in [-0.3, -0.25) is 4.79 Å². The maximum atomic E-state index is 12.3. The van der Waals surface area contributed by atoms with Gasteiger partial charge in [-0.25, -0.2) is 0 Å². The minimum absolute atomic E-state index is 0. The number of hydrogen-bond donors (Lipinski definition) is 1. The second kappa shape index (κ2) is 6.91. The van der Waals surface area contributed by atoms with Gasteiger partial charge in [-0.05, 0) is 33.1 Å². The number of hydrogen-bond acceptors (Lipinski definition) is 4. The van der Waals surface area contributed by atoms with Crippen molar-refractivity contribution in [1.82, 2.24) is 10.1 Å². The van der Waals surface area contributed by atoms with Gasteiger partial charge in [0.25, 0.3) is 0 Å². The van der Waals surface area contributed by atoms with E-state index in [9.17, 15) is 4.79 Å². The Hall–Kier alpha value is -1.07. The van der Waals surface area contributed by atoms with E-state index in [1.165, 1.54) is 0 Å². The van der Waals surface area contributed by atoms with Crippen LogP contribution in [0.2, 0.25) is 0 Å². The molecule has 0 saturated carbocycles. The van der Waals surface area contributed by atoms with Crippen molar-refractivity contribution in [2.24, 2.45) is 5.73 Å². The third-order valence-electron chi connectivity index (χ3n) is 3.73. The number of rotatable bonds is 3. The third-order valence-corrected chi connectivity index (χ3v) is 3.73. The van der Waals surface area contributed by atoms with Crippen LogP contribution in [-0.2, 0) is 11.2 Å². The van der Waals surface area contributed by atoms with Crippen LogP contribution in [0.4, 0.5) is 0 Å². The molecule has 0 bridgehead atoms. The van der Waals surface area contributed by atoms with Crippen LogP contribution in [0.25, 0.3) is 0 Å². The predicted octanol–water partition coefficient (Wildman–Crippen LogP) is 1.60. The van der Waals surface area contributed by atoms with Crippen molar-refractivity contribution in [3.8, 4) is 0 Å². The lowest BCUT2D eigenvalue weighted by atomic mass is 10.0. The summed E-state index contributed by atoms with van der Waals surface area (Å²) in [5, 5.41) is 3.88. The quantitative estimate of drug-likeness (QED) is 0.916. The molecular weight excluding hydrogens is 266 g/mol. The number of carbonyl (C=O) groups excluding carboxylic acids is 1. The van der Waals surface area contributed by atoms with Crippen LogP contribution >= 0.6 is 12.4 Å². The zero-order valence-corrected chi connectivity index (χ0v) is 12.3. The molecule has 1 aromatic rings. The zero-order valence-electron chi connectivity index (χ0n) is 11.5.